The monoisotopic (exact) mass is 285 g/mol. The van der Waals surface area contributed by atoms with Crippen LogP contribution >= 0.6 is 0 Å². The van der Waals surface area contributed by atoms with E-state index in [-0.39, 0.29) is 11.9 Å². The van der Waals surface area contributed by atoms with Crippen LogP contribution in [-0.2, 0) is 0 Å². The lowest BCUT2D eigenvalue weighted by Crippen LogP contribution is -2.40. The first-order valence-corrected chi connectivity index (χ1v) is 7.70. The maximum Gasteiger partial charge on any atom is 0.268 e. The number of aryl methyl sites for hydroxylation is 2. The van der Waals surface area contributed by atoms with Crippen molar-refractivity contribution in [1.29, 1.82) is 0 Å². The Morgan fingerprint density at radius 2 is 1.95 bits per heavy atom. The Kier molecular flexibility index (Phi) is 3.72. The van der Waals surface area contributed by atoms with Crippen LogP contribution in [0.2, 0.25) is 0 Å². The van der Waals surface area contributed by atoms with E-state index in [0.29, 0.717) is 11.7 Å². The van der Waals surface area contributed by atoms with Crippen molar-refractivity contribution in [2.45, 2.75) is 51.6 Å². The van der Waals surface area contributed by atoms with Crippen molar-refractivity contribution in [3.63, 3.8) is 0 Å². The van der Waals surface area contributed by atoms with Crippen LogP contribution in [0.5, 0.6) is 0 Å². The first kappa shape index (κ1) is 14.1. The third-order valence-corrected chi connectivity index (χ3v) is 4.64. The summed E-state index contributed by atoms with van der Waals surface area (Å²) in [5.41, 5.74) is 9.85. The van der Waals surface area contributed by atoms with Gasteiger partial charge in [-0.3, -0.25) is 4.79 Å². The summed E-state index contributed by atoms with van der Waals surface area (Å²) in [5, 5.41) is 4.28. The Morgan fingerprint density at radius 1 is 1.24 bits per heavy atom. The van der Waals surface area contributed by atoms with E-state index < -0.39 is 0 Å². The average Bonchev–Trinajstić information content (AvgIpc) is 2.81. The number of benzene rings is 1. The van der Waals surface area contributed by atoms with E-state index in [4.69, 9.17) is 5.73 Å². The van der Waals surface area contributed by atoms with Gasteiger partial charge in [-0.2, -0.15) is 0 Å². The van der Waals surface area contributed by atoms with Gasteiger partial charge in [0.25, 0.3) is 5.91 Å². The highest BCUT2D eigenvalue weighted by Crippen LogP contribution is 2.25. The van der Waals surface area contributed by atoms with Crippen molar-refractivity contribution in [2.75, 3.05) is 0 Å². The Bertz CT molecular complexity index is 666. The Morgan fingerprint density at radius 3 is 2.62 bits per heavy atom. The number of amides is 1. The van der Waals surface area contributed by atoms with Gasteiger partial charge in [0, 0.05) is 23.0 Å². The van der Waals surface area contributed by atoms with Crippen LogP contribution in [0.1, 0.15) is 47.3 Å². The molecule has 0 radical (unpaired) electrons. The van der Waals surface area contributed by atoms with Gasteiger partial charge in [-0.25, -0.2) is 0 Å². The minimum atomic E-state index is 0.00331. The zero-order valence-electron chi connectivity index (χ0n) is 12.7. The lowest BCUT2D eigenvalue weighted by atomic mass is 9.92. The number of aromatic amines is 1. The van der Waals surface area contributed by atoms with E-state index in [0.717, 1.165) is 42.1 Å². The number of carbonyl (C=O) groups excluding carboxylic acids is 1. The number of nitrogens with one attached hydrogen (secondary N) is 2. The number of hydrogen-bond acceptors (Lipinski definition) is 2. The van der Waals surface area contributed by atoms with Crippen molar-refractivity contribution in [2.24, 2.45) is 5.73 Å². The number of hydrogen-bond donors (Lipinski definition) is 3. The van der Waals surface area contributed by atoms with Crippen LogP contribution < -0.4 is 11.1 Å². The molecule has 0 saturated heterocycles. The largest absolute Gasteiger partial charge is 0.350 e. The van der Waals surface area contributed by atoms with E-state index in [2.05, 4.69) is 29.4 Å². The van der Waals surface area contributed by atoms with Crippen molar-refractivity contribution in [1.82, 2.24) is 10.3 Å². The lowest BCUT2D eigenvalue weighted by molar-refractivity contribution is 0.0921. The van der Waals surface area contributed by atoms with Gasteiger partial charge in [0.2, 0.25) is 0 Å². The zero-order chi connectivity index (χ0) is 15.0. The molecule has 1 aliphatic carbocycles. The van der Waals surface area contributed by atoms with Crippen LogP contribution in [0, 0.1) is 13.8 Å². The van der Waals surface area contributed by atoms with Gasteiger partial charge in [0.15, 0.2) is 0 Å². The summed E-state index contributed by atoms with van der Waals surface area (Å²) < 4.78 is 0. The summed E-state index contributed by atoms with van der Waals surface area (Å²) in [4.78, 5) is 15.8. The van der Waals surface area contributed by atoms with Gasteiger partial charge in [-0.05, 0) is 50.7 Å². The zero-order valence-corrected chi connectivity index (χ0v) is 12.7. The van der Waals surface area contributed by atoms with Gasteiger partial charge in [0.1, 0.15) is 5.69 Å². The van der Waals surface area contributed by atoms with Crippen molar-refractivity contribution < 1.29 is 4.79 Å². The number of nitrogens with two attached hydrogens (primary N) is 1. The molecule has 4 N–H and O–H groups in total. The van der Waals surface area contributed by atoms with Gasteiger partial charge in [-0.15, -0.1) is 0 Å². The molecule has 0 aliphatic heterocycles. The molecule has 1 amide bonds. The number of H-pyrrole nitrogens is 1. The third kappa shape index (κ3) is 2.68. The fraction of sp³-hybridized carbons (Fsp3) is 0.471. The first-order valence-electron chi connectivity index (χ1n) is 7.70. The molecule has 0 unspecified atom stereocenters. The number of rotatable bonds is 2. The highest BCUT2D eigenvalue weighted by Gasteiger charge is 2.22. The van der Waals surface area contributed by atoms with Crippen LogP contribution in [0.25, 0.3) is 10.9 Å². The summed E-state index contributed by atoms with van der Waals surface area (Å²) in [6.45, 7) is 4.06. The molecular formula is C17H23N3O. The molecule has 1 fully saturated rings. The SMILES string of the molecule is Cc1c(C(=O)N[C@H]2CC[C@H](N)CC2)[nH]c2c(C)cccc12. The fourth-order valence-corrected chi connectivity index (χ4v) is 3.25. The van der Waals surface area contributed by atoms with E-state index in [9.17, 15) is 4.79 Å². The topological polar surface area (TPSA) is 70.9 Å². The summed E-state index contributed by atoms with van der Waals surface area (Å²) in [7, 11) is 0. The molecule has 1 aliphatic rings. The van der Waals surface area contributed by atoms with Crippen molar-refractivity contribution in [3.05, 3.63) is 35.0 Å². The van der Waals surface area contributed by atoms with Gasteiger partial charge >= 0.3 is 0 Å². The highest BCUT2D eigenvalue weighted by atomic mass is 16.1. The van der Waals surface area contributed by atoms with E-state index in [1.54, 1.807) is 0 Å². The fourth-order valence-electron chi connectivity index (χ4n) is 3.25. The molecule has 1 aromatic carbocycles. The van der Waals surface area contributed by atoms with Gasteiger partial charge < -0.3 is 16.0 Å². The van der Waals surface area contributed by atoms with Crippen LogP contribution in [-0.4, -0.2) is 23.0 Å². The molecule has 0 spiro atoms. The molecule has 4 nitrogen and oxygen atoms in total. The molecule has 21 heavy (non-hydrogen) atoms. The predicted molar refractivity (Wildman–Crippen MR) is 85.5 cm³/mol. The average molecular weight is 285 g/mol. The molecule has 3 rings (SSSR count). The predicted octanol–water partition coefficient (Wildman–Crippen LogP) is 2.78. The Balaban J connectivity index is 1.82. The van der Waals surface area contributed by atoms with Crippen LogP contribution in [0.4, 0.5) is 0 Å². The number of aromatic nitrogens is 1. The molecule has 112 valence electrons. The summed E-state index contributed by atoms with van der Waals surface area (Å²) in [5.74, 6) is 0.00331. The van der Waals surface area contributed by atoms with Gasteiger partial charge in [-0.1, -0.05) is 18.2 Å². The molecule has 1 saturated carbocycles. The number of fused-ring (bicyclic) bond motifs is 1. The third-order valence-electron chi connectivity index (χ3n) is 4.64. The highest BCUT2D eigenvalue weighted by molar-refractivity contribution is 6.01. The smallest absolute Gasteiger partial charge is 0.268 e. The van der Waals surface area contributed by atoms with Crippen molar-refractivity contribution >= 4 is 16.8 Å². The number of para-hydroxylation sites is 1. The second-order valence-corrected chi connectivity index (χ2v) is 6.21. The van der Waals surface area contributed by atoms with E-state index in [1.807, 2.05) is 13.0 Å². The first-order chi connectivity index (χ1) is 10.1. The molecule has 0 atom stereocenters. The summed E-state index contributed by atoms with van der Waals surface area (Å²) in [6.07, 6.45) is 3.95. The molecular weight excluding hydrogens is 262 g/mol. The van der Waals surface area contributed by atoms with Gasteiger partial charge in [0.05, 0.1) is 0 Å². The van der Waals surface area contributed by atoms with Crippen molar-refractivity contribution in [3.8, 4) is 0 Å². The Hall–Kier alpha value is -1.81. The van der Waals surface area contributed by atoms with Crippen LogP contribution in [0.15, 0.2) is 18.2 Å². The molecule has 1 aromatic heterocycles. The summed E-state index contributed by atoms with van der Waals surface area (Å²) in [6, 6.07) is 6.70. The maximum absolute atomic E-state index is 12.5. The maximum atomic E-state index is 12.5. The second-order valence-electron chi connectivity index (χ2n) is 6.21. The molecule has 1 heterocycles. The standard InChI is InChI=1S/C17H23N3O/c1-10-4-3-5-14-11(2)16(20-15(10)14)17(21)19-13-8-6-12(18)7-9-13/h3-5,12-13,20H,6-9,18H2,1-2H3,(H,19,21)/t12-,13-. The second kappa shape index (κ2) is 5.53. The molecule has 4 heteroatoms. The number of carbonyl (C=O) groups is 1. The minimum absolute atomic E-state index is 0.00331. The lowest BCUT2D eigenvalue weighted by Gasteiger charge is -2.26. The normalized spacial score (nSPS) is 22.4. The van der Waals surface area contributed by atoms with E-state index >= 15 is 0 Å². The summed E-state index contributed by atoms with van der Waals surface area (Å²) >= 11 is 0. The van der Waals surface area contributed by atoms with Crippen LogP contribution in [0.3, 0.4) is 0 Å². The minimum Gasteiger partial charge on any atom is -0.350 e. The molecule has 0 bridgehead atoms. The Labute approximate surface area is 125 Å². The quantitative estimate of drug-likeness (QED) is 0.794. The van der Waals surface area contributed by atoms with E-state index in [1.165, 1.54) is 5.56 Å². The molecule has 2 aromatic rings.